The minimum absolute atomic E-state index is 0.139. The van der Waals surface area contributed by atoms with Gasteiger partial charge in [0, 0.05) is 50.8 Å². The first-order chi connectivity index (χ1) is 21.5. The minimum Gasteiger partial charge on any atom is -0.378 e. The van der Waals surface area contributed by atoms with Crippen LogP contribution in [-0.4, -0.2) is 55.0 Å². The Morgan fingerprint density at radius 1 is 0.727 bits per heavy atom. The molecule has 0 saturated carbocycles. The van der Waals surface area contributed by atoms with Crippen LogP contribution in [0.1, 0.15) is 15.9 Å². The first-order valence-corrected chi connectivity index (χ1v) is 16.0. The lowest BCUT2D eigenvalue weighted by Crippen LogP contribution is -2.27. The number of nitrogens with two attached hydrogens (primary N) is 1. The van der Waals surface area contributed by atoms with Crippen LogP contribution in [0.15, 0.2) is 112 Å². The lowest BCUT2D eigenvalue weighted by molar-refractivity contribution is 0.0511. The highest BCUT2D eigenvalue weighted by atomic mass is 79.9. The molecule has 0 aliphatic carbocycles. The zero-order valence-electron chi connectivity index (χ0n) is 24.2. The zero-order chi connectivity index (χ0) is 30.7. The van der Waals surface area contributed by atoms with Gasteiger partial charge in [0.05, 0.1) is 37.8 Å². The Hall–Kier alpha value is -3.60. The Bertz CT molecular complexity index is 1640. The number of rotatable bonds is 14. The number of amides is 1. The number of imidazole rings is 1. The number of benzene rings is 4. The summed E-state index contributed by atoms with van der Waals surface area (Å²) in [7, 11) is 0. The van der Waals surface area contributed by atoms with Gasteiger partial charge in [-0.3, -0.25) is 4.79 Å². The zero-order valence-corrected chi connectivity index (χ0v) is 27.4. The molecule has 1 amide bonds. The fourth-order valence-electron chi connectivity index (χ4n) is 4.81. The maximum atomic E-state index is 12.8. The van der Waals surface area contributed by atoms with Gasteiger partial charge in [0.15, 0.2) is 0 Å². The van der Waals surface area contributed by atoms with Crippen LogP contribution in [0, 0.1) is 0 Å². The molecular weight excluding hydrogens is 684 g/mol. The molecule has 7 nitrogen and oxygen atoms in total. The van der Waals surface area contributed by atoms with Gasteiger partial charge in [-0.15, -0.1) is 0 Å². The Kier molecular flexibility index (Phi) is 11.5. The highest BCUT2D eigenvalue weighted by molar-refractivity contribution is 9.10. The molecule has 5 aromatic rings. The highest BCUT2D eigenvalue weighted by Gasteiger charge is 2.21. The van der Waals surface area contributed by atoms with E-state index in [1.807, 2.05) is 66.7 Å². The lowest BCUT2D eigenvalue weighted by atomic mass is 10.0. The van der Waals surface area contributed by atoms with E-state index in [0.29, 0.717) is 51.6 Å². The molecule has 4 aromatic carbocycles. The predicted molar refractivity (Wildman–Crippen MR) is 183 cm³/mol. The molecular formula is C35H34Br2N4O3. The van der Waals surface area contributed by atoms with E-state index in [1.165, 1.54) is 0 Å². The van der Waals surface area contributed by atoms with Crippen LogP contribution in [0.2, 0.25) is 0 Å². The number of carbonyl (C=O) groups is 1. The van der Waals surface area contributed by atoms with Crippen molar-refractivity contribution < 1.29 is 14.3 Å². The van der Waals surface area contributed by atoms with Crippen molar-refractivity contribution >= 4 is 37.8 Å². The molecule has 9 heteroatoms. The summed E-state index contributed by atoms with van der Waals surface area (Å²) in [5, 5.41) is 2.91. The third-order valence-electron chi connectivity index (χ3n) is 6.96. The molecule has 5 rings (SSSR count). The summed E-state index contributed by atoms with van der Waals surface area (Å²) in [5.41, 5.74) is 12.1. The molecule has 226 valence electrons. The van der Waals surface area contributed by atoms with Gasteiger partial charge < -0.3 is 25.1 Å². The van der Waals surface area contributed by atoms with Crippen molar-refractivity contribution in [1.82, 2.24) is 14.9 Å². The molecule has 0 atom stereocenters. The van der Waals surface area contributed by atoms with E-state index in [1.54, 1.807) is 0 Å². The fourth-order valence-corrected chi connectivity index (χ4v) is 5.34. The quantitative estimate of drug-likeness (QED) is 0.119. The number of halogens is 2. The Morgan fingerprint density at radius 2 is 1.34 bits per heavy atom. The van der Waals surface area contributed by atoms with Crippen molar-refractivity contribution in [3.63, 3.8) is 0 Å². The average Bonchev–Trinajstić information content (AvgIpc) is 3.42. The molecule has 1 aromatic heterocycles. The number of hydrogen-bond acceptors (Lipinski definition) is 5. The highest BCUT2D eigenvalue weighted by Crippen LogP contribution is 2.37. The second-order valence-electron chi connectivity index (χ2n) is 10.1. The van der Waals surface area contributed by atoms with Gasteiger partial charge in [0.25, 0.3) is 5.91 Å². The van der Waals surface area contributed by atoms with Crippen LogP contribution in [0.3, 0.4) is 0 Å². The van der Waals surface area contributed by atoms with Gasteiger partial charge in [-0.1, -0.05) is 98.6 Å². The van der Waals surface area contributed by atoms with Crippen LogP contribution >= 0.6 is 31.9 Å². The Balaban J connectivity index is 1.41. The summed E-state index contributed by atoms with van der Waals surface area (Å²) in [6.07, 6.45) is 0. The number of ether oxygens (including phenoxy) is 2. The molecule has 44 heavy (non-hydrogen) atoms. The van der Waals surface area contributed by atoms with Crippen molar-refractivity contribution in [2.45, 2.75) is 6.54 Å². The second-order valence-corrected chi connectivity index (χ2v) is 11.9. The number of carbonyl (C=O) groups excluding carboxylic acids is 1. The van der Waals surface area contributed by atoms with Crippen LogP contribution in [0.25, 0.3) is 33.9 Å². The maximum Gasteiger partial charge on any atom is 0.251 e. The van der Waals surface area contributed by atoms with Crippen molar-refractivity contribution in [3.8, 4) is 33.9 Å². The first-order valence-electron chi connectivity index (χ1n) is 14.4. The molecule has 0 bridgehead atoms. The summed E-state index contributed by atoms with van der Waals surface area (Å²) >= 11 is 7.14. The largest absolute Gasteiger partial charge is 0.378 e. The second kappa shape index (κ2) is 15.9. The van der Waals surface area contributed by atoms with E-state index < -0.39 is 0 Å². The van der Waals surface area contributed by atoms with Gasteiger partial charge in [-0.2, -0.15) is 0 Å². The average molecular weight is 718 g/mol. The molecule has 0 aliphatic heterocycles. The standard InChI is InChI=1S/C35H34Br2N4O3/c36-30-14-10-26(11-15-30)32-33(27-12-16-31(37)17-13-27)41(34(40-32)28-4-2-1-3-5-28)24-25-6-8-29(9-7-25)35(42)39-19-21-44-23-22-43-20-18-38/h1-17H,18-24,38H2,(H,39,42). The first kappa shape index (κ1) is 31.8. The minimum atomic E-state index is -0.139. The normalized spacial score (nSPS) is 11.1. The smallest absolute Gasteiger partial charge is 0.251 e. The van der Waals surface area contributed by atoms with E-state index in [9.17, 15) is 4.79 Å². The van der Waals surface area contributed by atoms with Gasteiger partial charge in [-0.05, 0) is 42.0 Å². The van der Waals surface area contributed by atoms with Crippen LogP contribution in [0.4, 0.5) is 0 Å². The lowest BCUT2D eigenvalue weighted by Gasteiger charge is -2.14. The van der Waals surface area contributed by atoms with E-state index >= 15 is 0 Å². The predicted octanol–water partition coefficient (Wildman–Crippen LogP) is 7.18. The molecule has 3 N–H and O–H groups in total. The Morgan fingerprint density at radius 3 is 1.98 bits per heavy atom. The molecule has 0 unspecified atom stereocenters. The van der Waals surface area contributed by atoms with Gasteiger partial charge in [0.2, 0.25) is 0 Å². The van der Waals surface area contributed by atoms with Gasteiger partial charge in [-0.25, -0.2) is 4.98 Å². The topological polar surface area (TPSA) is 91.4 Å². The summed E-state index contributed by atoms with van der Waals surface area (Å²) in [4.78, 5) is 18.0. The molecule has 0 aliphatic rings. The van der Waals surface area contributed by atoms with Crippen LogP contribution in [-0.2, 0) is 16.0 Å². The number of nitrogens with one attached hydrogen (secondary N) is 1. The summed E-state index contributed by atoms with van der Waals surface area (Å²) < 4.78 is 15.1. The summed E-state index contributed by atoms with van der Waals surface area (Å²) in [5.74, 6) is 0.733. The van der Waals surface area contributed by atoms with E-state index in [2.05, 4.69) is 78.1 Å². The number of nitrogens with zero attached hydrogens (tertiary/aromatic N) is 2. The van der Waals surface area contributed by atoms with Crippen molar-refractivity contribution in [1.29, 1.82) is 0 Å². The third-order valence-corrected chi connectivity index (χ3v) is 8.02. The summed E-state index contributed by atoms with van der Waals surface area (Å²) in [6.45, 7) is 3.37. The van der Waals surface area contributed by atoms with Crippen molar-refractivity contribution in [3.05, 3.63) is 123 Å². The van der Waals surface area contributed by atoms with E-state index in [0.717, 1.165) is 48.4 Å². The van der Waals surface area contributed by atoms with Gasteiger partial charge in [0.1, 0.15) is 5.82 Å². The number of hydrogen-bond donors (Lipinski definition) is 2. The van der Waals surface area contributed by atoms with Crippen LogP contribution < -0.4 is 11.1 Å². The SMILES string of the molecule is NCCOCCOCCNC(=O)c1ccc(Cn2c(-c3ccccc3)nc(-c3ccc(Br)cc3)c2-c2ccc(Br)cc2)cc1. The van der Waals surface area contributed by atoms with E-state index in [4.69, 9.17) is 20.2 Å². The van der Waals surface area contributed by atoms with Crippen molar-refractivity contribution in [2.24, 2.45) is 5.73 Å². The fraction of sp³-hybridized carbons (Fsp3) is 0.200. The van der Waals surface area contributed by atoms with E-state index in [-0.39, 0.29) is 5.91 Å². The molecule has 0 saturated heterocycles. The molecule has 0 fully saturated rings. The molecule has 1 heterocycles. The van der Waals surface area contributed by atoms with Crippen LogP contribution in [0.5, 0.6) is 0 Å². The summed E-state index contributed by atoms with van der Waals surface area (Å²) in [6, 6.07) is 34.5. The monoisotopic (exact) mass is 716 g/mol. The molecule has 0 radical (unpaired) electrons. The van der Waals surface area contributed by atoms with Crippen molar-refractivity contribution in [2.75, 3.05) is 39.5 Å². The maximum absolute atomic E-state index is 12.8. The molecule has 0 spiro atoms. The Labute approximate surface area is 274 Å². The third kappa shape index (κ3) is 8.31. The number of aromatic nitrogens is 2. The van der Waals surface area contributed by atoms with Gasteiger partial charge >= 0.3 is 0 Å².